The number of hydrogen-bond acceptors (Lipinski definition) is 2. The second-order valence-corrected chi connectivity index (χ2v) is 3.62. The molecule has 1 aromatic rings. The Kier molecular flexibility index (Phi) is 2.94. The van der Waals surface area contributed by atoms with Crippen molar-refractivity contribution in [3.63, 3.8) is 0 Å². The van der Waals surface area contributed by atoms with Gasteiger partial charge in [-0.25, -0.2) is 0 Å². The molecule has 0 aliphatic carbocycles. The van der Waals surface area contributed by atoms with Crippen molar-refractivity contribution in [1.29, 1.82) is 0 Å². The number of rotatable bonds is 2. The summed E-state index contributed by atoms with van der Waals surface area (Å²) in [5.74, 6) is 0.222. The van der Waals surface area contributed by atoms with Crippen LogP contribution in [-0.2, 0) is 0 Å². The summed E-state index contributed by atoms with van der Waals surface area (Å²) >= 11 is 5.73. The van der Waals surface area contributed by atoms with Gasteiger partial charge in [0.05, 0.1) is 5.02 Å². The van der Waals surface area contributed by atoms with Gasteiger partial charge in [-0.15, -0.1) is 0 Å². The summed E-state index contributed by atoms with van der Waals surface area (Å²) in [4.78, 5) is 10.5. The second-order valence-electron chi connectivity index (χ2n) is 3.21. The SMILES string of the molecule is CC(C)c1cc(C=O)cc(Cl)c1O. The van der Waals surface area contributed by atoms with E-state index in [1.807, 2.05) is 13.8 Å². The Balaban J connectivity index is 3.32. The largest absolute Gasteiger partial charge is 0.506 e. The molecule has 1 aromatic carbocycles. The number of carbonyl (C=O) groups excluding carboxylic acids is 1. The van der Waals surface area contributed by atoms with E-state index in [4.69, 9.17) is 11.6 Å². The summed E-state index contributed by atoms with van der Waals surface area (Å²) in [5.41, 5.74) is 1.20. The van der Waals surface area contributed by atoms with Crippen molar-refractivity contribution in [2.24, 2.45) is 0 Å². The molecule has 0 fully saturated rings. The molecule has 0 bridgehead atoms. The molecular formula is C10H11ClO2. The fraction of sp³-hybridized carbons (Fsp3) is 0.300. The molecule has 0 heterocycles. The van der Waals surface area contributed by atoms with E-state index in [9.17, 15) is 9.90 Å². The van der Waals surface area contributed by atoms with Gasteiger partial charge in [0.15, 0.2) is 0 Å². The quantitative estimate of drug-likeness (QED) is 0.742. The Hall–Kier alpha value is -1.02. The van der Waals surface area contributed by atoms with Gasteiger partial charge in [0.2, 0.25) is 0 Å². The van der Waals surface area contributed by atoms with Crippen LogP contribution in [0.4, 0.5) is 0 Å². The molecule has 0 saturated carbocycles. The van der Waals surface area contributed by atoms with Gasteiger partial charge in [0, 0.05) is 5.56 Å². The van der Waals surface area contributed by atoms with E-state index in [-0.39, 0.29) is 16.7 Å². The third-order valence-electron chi connectivity index (χ3n) is 1.87. The maximum Gasteiger partial charge on any atom is 0.150 e. The lowest BCUT2D eigenvalue weighted by molar-refractivity contribution is 0.112. The van der Waals surface area contributed by atoms with E-state index >= 15 is 0 Å². The van der Waals surface area contributed by atoms with Gasteiger partial charge in [0.25, 0.3) is 0 Å². The number of halogens is 1. The Labute approximate surface area is 82.2 Å². The molecule has 1 rings (SSSR count). The van der Waals surface area contributed by atoms with Gasteiger partial charge in [-0.1, -0.05) is 25.4 Å². The molecule has 0 aliphatic rings. The van der Waals surface area contributed by atoms with E-state index in [0.29, 0.717) is 11.1 Å². The highest BCUT2D eigenvalue weighted by Crippen LogP contribution is 2.33. The van der Waals surface area contributed by atoms with Crippen LogP contribution in [0, 0.1) is 0 Å². The zero-order valence-electron chi connectivity index (χ0n) is 7.54. The molecule has 0 aromatic heterocycles. The molecule has 3 heteroatoms. The number of carbonyl (C=O) groups is 1. The smallest absolute Gasteiger partial charge is 0.150 e. The van der Waals surface area contributed by atoms with Crippen LogP contribution in [0.5, 0.6) is 5.75 Å². The average molecular weight is 199 g/mol. The second kappa shape index (κ2) is 3.79. The molecule has 70 valence electrons. The maximum atomic E-state index is 10.5. The Morgan fingerprint density at radius 1 is 1.46 bits per heavy atom. The van der Waals surface area contributed by atoms with E-state index in [1.165, 1.54) is 6.07 Å². The Bertz CT molecular complexity index is 332. The summed E-state index contributed by atoms with van der Waals surface area (Å²) in [7, 11) is 0. The normalized spacial score (nSPS) is 10.5. The molecule has 0 atom stereocenters. The Morgan fingerprint density at radius 3 is 2.54 bits per heavy atom. The van der Waals surface area contributed by atoms with Crippen molar-refractivity contribution < 1.29 is 9.90 Å². The number of benzene rings is 1. The molecule has 0 radical (unpaired) electrons. The summed E-state index contributed by atoms with van der Waals surface area (Å²) in [6.45, 7) is 3.86. The predicted molar refractivity (Wildman–Crippen MR) is 52.6 cm³/mol. The van der Waals surface area contributed by atoms with Gasteiger partial charge in [-0.2, -0.15) is 0 Å². The first kappa shape index (κ1) is 10.1. The van der Waals surface area contributed by atoms with Gasteiger partial charge in [0.1, 0.15) is 12.0 Å². The standard InChI is InChI=1S/C10H11ClO2/c1-6(2)8-3-7(5-12)4-9(11)10(8)13/h3-6,13H,1-2H3. The van der Waals surface area contributed by atoms with Crippen LogP contribution in [0.2, 0.25) is 5.02 Å². The van der Waals surface area contributed by atoms with Crippen LogP contribution in [0.3, 0.4) is 0 Å². The first-order chi connectivity index (χ1) is 6.06. The molecular weight excluding hydrogens is 188 g/mol. The fourth-order valence-electron chi connectivity index (χ4n) is 1.15. The Morgan fingerprint density at radius 2 is 2.08 bits per heavy atom. The minimum atomic E-state index is 0.0715. The minimum absolute atomic E-state index is 0.0715. The molecule has 0 spiro atoms. The number of aldehydes is 1. The van der Waals surface area contributed by atoms with Crippen LogP contribution in [-0.4, -0.2) is 11.4 Å². The topological polar surface area (TPSA) is 37.3 Å². The molecule has 1 N–H and O–H groups in total. The fourth-order valence-corrected chi connectivity index (χ4v) is 1.39. The molecule has 0 unspecified atom stereocenters. The van der Waals surface area contributed by atoms with Crippen LogP contribution in [0.1, 0.15) is 35.7 Å². The first-order valence-electron chi connectivity index (χ1n) is 4.04. The van der Waals surface area contributed by atoms with Crippen molar-refractivity contribution in [3.05, 3.63) is 28.3 Å². The van der Waals surface area contributed by atoms with Gasteiger partial charge >= 0.3 is 0 Å². The first-order valence-corrected chi connectivity index (χ1v) is 4.41. The molecule has 13 heavy (non-hydrogen) atoms. The lowest BCUT2D eigenvalue weighted by atomic mass is 10.00. The van der Waals surface area contributed by atoms with Gasteiger partial charge < -0.3 is 5.11 Å². The number of phenolic OH excluding ortho intramolecular Hbond substituents is 1. The maximum absolute atomic E-state index is 10.5. The van der Waals surface area contributed by atoms with Crippen LogP contribution >= 0.6 is 11.6 Å². The van der Waals surface area contributed by atoms with Crippen molar-refractivity contribution in [3.8, 4) is 5.75 Å². The monoisotopic (exact) mass is 198 g/mol. The van der Waals surface area contributed by atoms with Crippen molar-refractivity contribution in [1.82, 2.24) is 0 Å². The molecule has 0 aliphatic heterocycles. The lowest BCUT2D eigenvalue weighted by Crippen LogP contribution is -1.91. The third kappa shape index (κ3) is 2.01. The number of hydrogen-bond donors (Lipinski definition) is 1. The third-order valence-corrected chi connectivity index (χ3v) is 2.16. The summed E-state index contributed by atoms with van der Waals surface area (Å²) in [5, 5.41) is 9.77. The zero-order chi connectivity index (χ0) is 10.0. The predicted octanol–water partition coefficient (Wildman–Crippen LogP) is 2.98. The van der Waals surface area contributed by atoms with Crippen LogP contribution < -0.4 is 0 Å². The van der Waals surface area contributed by atoms with Crippen LogP contribution in [0.25, 0.3) is 0 Å². The minimum Gasteiger partial charge on any atom is -0.506 e. The van der Waals surface area contributed by atoms with E-state index in [2.05, 4.69) is 0 Å². The highest BCUT2D eigenvalue weighted by molar-refractivity contribution is 6.32. The molecule has 0 saturated heterocycles. The number of aromatic hydroxyl groups is 1. The summed E-state index contributed by atoms with van der Waals surface area (Å²) in [6.07, 6.45) is 0.719. The average Bonchev–Trinajstić information content (AvgIpc) is 2.09. The highest BCUT2D eigenvalue weighted by Gasteiger charge is 2.10. The molecule has 2 nitrogen and oxygen atoms in total. The lowest BCUT2D eigenvalue weighted by Gasteiger charge is -2.09. The van der Waals surface area contributed by atoms with Crippen molar-refractivity contribution >= 4 is 17.9 Å². The summed E-state index contributed by atoms with van der Waals surface area (Å²) in [6, 6.07) is 3.11. The van der Waals surface area contributed by atoms with Gasteiger partial charge in [-0.05, 0) is 23.6 Å². The van der Waals surface area contributed by atoms with E-state index in [0.717, 1.165) is 6.29 Å². The molecule has 0 amide bonds. The summed E-state index contributed by atoms with van der Waals surface area (Å²) < 4.78 is 0. The van der Waals surface area contributed by atoms with Gasteiger partial charge in [-0.3, -0.25) is 4.79 Å². The van der Waals surface area contributed by atoms with E-state index in [1.54, 1.807) is 6.07 Å². The number of phenols is 1. The van der Waals surface area contributed by atoms with E-state index < -0.39 is 0 Å². The zero-order valence-corrected chi connectivity index (χ0v) is 8.30. The highest BCUT2D eigenvalue weighted by atomic mass is 35.5. The van der Waals surface area contributed by atoms with Crippen molar-refractivity contribution in [2.75, 3.05) is 0 Å². The van der Waals surface area contributed by atoms with Crippen molar-refractivity contribution in [2.45, 2.75) is 19.8 Å². The van der Waals surface area contributed by atoms with Crippen LogP contribution in [0.15, 0.2) is 12.1 Å².